The van der Waals surface area contributed by atoms with Gasteiger partial charge >= 0.3 is 0 Å². The van der Waals surface area contributed by atoms with Crippen molar-refractivity contribution >= 4 is 27.8 Å². The van der Waals surface area contributed by atoms with Crippen LogP contribution in [0.2, 0.25) is 0 Å². The minimum absolute atomic E-state index is 0.242. The summed E-state index contributed by atoms with van der Waals surface area (Å²) in [5, 5.41) is 2.51. The molecular formula is C60H43N. The van der Waals surface area contributed by atoms with E-state index in [4.69, 9.17) is 0 Å². The zero-order valence-electron chi connectivity index (χ0n) is 34.0. The van der Waals surface area contributed by atoms with Crippen LogP contribution in [-0.4, -0.2) is 0 Å². The Morgan fingerprint density at radius 1 is 0.295 bits per heavy atom. The van der Waals surface area contributed by atoms with Crippen LogP contribution in [0.25, 0.3) is 66.4 Å². The first kappa shape index (κ1) is 36.3. The van der Waals surface area contributed by atoms with Gasteiger partial charge < -0.3 is 4.90 Å². The van der Waals surface area contributed by atoms with Crippen molar-refractivity contribution in [3.63, 3.8) is 0 Å². The van der Waals surface area contributed by atoms with Gasteiger partial charge in [0.2, 0.25) is 0 Å². The molecule has 1 aliphatic carbocycles. The minimum atomic E-state index is -0.242. The maximum Gasteiger partial charge on any atom is 0.0462 e. The number of benzene rings is 10. The van der Waals surface area contributed by atoms with E-state index in [1.54, 1.807) is 0 Å². The van der Waals surface area contributed by atoms with Gasteiger partial charge in [-0.3, -0.25) is 0 Å². The van der Waals surface area contributed by atoms with Gasteiger partial charge in [-0.25, -0.2) is 0 Å². The van der Waals surface area contributed by atoms with Crippen LogP contribution in [0.1, 0.15) is 23.6 Å². The van der Waals surface area contributed by atoms with Crippen LogP contribution in [0.5, 0.6) is 0 Å². The fourth-order valence-corrected chi connectivity index (χ4v) is 9.66. The van der Waals surface area contributed by atoms with Crippen molar-refractivity contribution in [1.82, 2.24) is 0 Å². The number of hydrogen-bond acceptors (Lipinski definition) is 1. The Morgan fingerprint density at radius 2 is 0.705 bits per heavy atom. The van der Waals surface area contributed by atoms with Gasteiger partial charge in [-0.15, -0.1) is 0 Å². The molecule has 0 bridgehead atoms. The van der Waals surface area contributed by atoms with Gasteiger partial charge in [0.25, 0.3) is 0 Å². The van der Waals surface area contributed by atoms with E-state index >= 15 is 0 Å². The average molecular weight is 778 g/mol. The molecule has 10 aromatic carbocycles. The van der Waals surface area contributed by atoms with Crippen LogP contribution >= 0.6 is 0 Å². The molecule has 1 atom stereocenters. The van der Waals surface area contributed by atoms with E-state index in [-0.39, 0.29) is 5.41 Å². The Bertz CT molecular complexity index is 3140. The lowest BCUT2D eigenvalue weighted by molar-refractivity contribution is 0.714. The van der Waals surface area contributed by atoms with Crippen LogP contribution in [-0.2, 0) is 5.41 Å². The Kier molecular flexibility index (Phi) is 9.02. The summed E-state index contributed by atoms with van der Waals surface area (Å²) >= 11 is 0. The van der Waals surface area contributed by atoms with E-state index < -0.39 is 0 Å². The second kappa shape index (κ2) is 15.1. The van der Waals surface area contributed by atoms with Gasteiger partial charge in [-0.1, -0.05) is 206 Å². The number of rotatable bonds is 8. The minimum Gasteiger partial charge on any atom is -0.311 e. The predicted octanol–water partition coefficient (Wildman–Crippen LogP) is 16.3. The van der Waals surface area contributed by atoms with Gasteiger partial charge in [0.05, 0.1) is 0 Å². The lowest BCUT2D eigenvalue weighted by Gasteiger charge is -2.28. The summed E-state index contributed by atoms with van der Waals surface area (Å²) in [6.07, 6.45) is 0. The molecule has 1 unspecified atom stereocenters. The van der Waals surface area contributed by atoms with Crippen LogP contribution in [0.15, 0.2) is 243 Å². The SMILES string of the molecule is CC1(c2ccccc2)c2ccccc2-c2c(-c3ccc(N(c4ccc(-c5ccc(-c6ccccc6)cc5)cc4)c4ccc(-c5cccc6ccccc56)cc4)cc3)cccc21. The average Bonchev–Trinajstić information content (AvgIpc) is 3.61. The number of anilines is 3. The van der Waals surface area contributed by atoms with E-state index in [2.05, 4.69) is 254 Å². The molecule has 0 saturated heterocycles. The van der Waals surface area contributed by atoms with Crippen molar-refractivity contribution in [3.8, 4) is 55.6 Å². The first-order valence-electron chi connectivity index (χ1n) is 21.2. The second-order valence-corrected chi connectivity index (χ2v) is 16.2. The summed E-state index contributed by atoms with van der Waals surface area (Å²) in [6, 6.07) is 88.5. The molecule has 0 radical (unpaired) electrons. The standard InChI is InChI=1S/C60H43N/c1-60(49-18-6-3-7-19-49)57-24-11-10-21-56(57)59-55(23-13-25-58(59)60)48-34-40-52(41-35-48)61(51-38-32-47(33-39-51)54-22-12-17-46-16-8-9-20-53(46)54)50-36-30-45(31-37-50)44-28-26-43(27-29-44)42-14-4-2-5-15-42/h2-41H,1H3. The lowest BCUT2D eigenvalue weighted by atomic mass is 9.74. The summed E-state index contributed by atoms with van der Waals surface area (Å²) in [7, 11) is 0. The van der Waals surface area contributed by atoms with Gasteiger partial charge in [-0.2, -0.15) is 0 Å². The summed E-state index contributed by atoms with van der Waals surface area (Å²) < 4.78 is 0. The van der Waals surface area contributed by atoms with Crippen molar-refractivity contribution in [3.05, 3.63) is 259 Å². The molecule has 0 saturated carbocycles. The molecule has 0 spiro atoms. The molecule has 10 aromatic rings. The van der Waals surface area contributed by atoms with Gasteiger partial charge in [0, 0.05) is 22.5 Å². The third-order valence-electron chi connectivity index (χ3n) is 12.8. The van der Waals surface area contributed by atoms with E-state index in [1.165, 1.54) is 83.1 Å². The van der Waals surface area contributed by atoms with Crippen molar-refractivity contribution in [2.75, 3.05) is 4.90 Å². The fraction of sp³-hybridized carbons (Fsp3) is 0.0333. The van der Waals surface area contributed by atoms with Gasteiger partial charge in [0.1, 0.15) is 0 Å². The smallest absolute Gasteiger partial charge is 0.0462 e. The second-order valence-electron chi connectivity index (χ2n) is 16.2. The van der Waals surface area contributed by atoms with Crippen molar-refractivity contribution in [2.24, 2.45) is 0 Å². The highest BCUT2D eigenvalue weighted by molar-refractivity contribution is 5.97. The highest BCUT2D eigenvalue weighted by Gasteiger charge is 2.41. The molecule has 0 amide bonds. The van der Waals surface area contributed by atoms with Crippen molar-refractivity contribution in [1.29, 1.82) is 0 Å². The normalized spacial score (nSPS) is 14.0. The quantitative estimate of drug-likeness (QED) is 0.149. The first-order chi connectivity index (χ1) is 30.1. The third kappa shape index (κ3) is 6.34. The van der Waals surface area contributed by atoms with E-state index in [0.717, 1.165) is 17.1 Å². The molecule has 0 fully saturated rings. The van der Waals surface area contributed by atoms with E-state index in [9.17, 15) is 0 Å². The summed E-state index contributed by atoms with van der Waals surface area (Å²) in [5.74, 6) is 0. The molecule has 1 aliphatic rings. The Labute approximate surface area is 358 Å². The first-order valence-corrected chi connectivity index (χ1v) is 21.2. The zero-order chi connectivity index (χ0) is 40.8. The van der Waals surface area contributed by atoms with Crippen molar-refractivity contribution in [2.45, 2.75) is 12.3 Å². The molecule has 0 aliphatic heterocycles. The Morgan fingerprint density at radius 3 is 1.34 bits per heavy atom. The summed E-state index contributed by atoms with van der Waals surface area (Å²) in [5.41, 5.74) is 19.4. The largest absolute Gasteiger partial charge is 0.311 e. The monoisotopic (exact) mass is 777 g/mol. The van der Waals surface area contributed by atoms with Gasteiger partial charge in [0.15, 0.2) is 0 Å². The summed E-state index contributed by atoms with van der Waals surface area (Å²) in [6.45, 7) is 2.38. The molecule has 1 nitrogen and oxygen atoms in total. The zero-order valence-corrected chi connectivity index (χ0v) is 34.0. The lowest BCUT2D eigenvalue weighted by Crippen LogP contribution is -2.22. The highest BCUT2D eigenvalue weighted by Crippen LogP contribution is 2.55. The van der Waals surface area contributed by atoms with Crippen LogP contribution in [0, 0.1) is 0 Å². The number of fused-ring (bicyclic) bond motifs is 4. The number of hydrogen-bond donors (Lipinski definition) is 0. The molecule has 0 heterocycles. The highest BCUT2D eigenvalue weighted by atomic mass is 15.1. The molecule has 61 heavy (non-hydrogen) atoms. The van der Waals surface area contributed by atoms with E-state index in [1.807, 2.05) is 0 Å². The molecule has 11 rings (SSSR count). The number of nitrogens with zero attached hydrogens (tertiary/aromatic N) is 1. The van der Waals surface area contributed by atoms with Crippen LogP contribution in [0.3, 0.4) is 0 Å². The van der Waals surface area contributed by atoms with Crippen LogP contribution in [0.4, 0.5) is 17.1 Å². The maximum absolute atomic E-state index is 2.38. The molecule has 288 valence electrons. The molecule has 0 N–H and O–H groups in total. The van der Waals surface area contributed by atoms with Crippen molar-refractivity contribution < 1.29 is 0 Å². The summed E-state index contributed by atoms with van der Waals surface area (Å²) in [4.78, 5) is 2.37. The topological polar surface area (TPSA) is 3.24 Å². The molecular weight excluding hydrogens is 735 g/mol. The van der Waals surface area contributed by atoms with Gasteiger partial charge in [-0.05, 0) is 126 Å². The van der Waals surface area contributed by atoms with E-state index in [0.29, 0.717) is 0 Å². The molecule has 0 aromatic heterocycles. The predicted molar refractivity (Wildman–Crippen MR) is 258 cm³/mol. The third-order valence-corrected chi connectivity index (χ3v) is 12.8. The maximum atomic E-state index is 2.38. The van der Waals surface area contributed by atoms with Crippen LogP contribution < -0.4 is 4.90 Å². The fourth-order valence-electron chi connectivity index (χ4n) is 9.66. The Balaban J connectivity index is 0.979. The Hall–Kier alpha value is -7.74. The molecule has 1 heteroatoms.